The number of hydrogen-bond acceptors (Lipinski definition) is 2. The van der Waals surface area contributed by atoms with Gasteiger partial charge in [0, 0.05) is 6.10 Å². The summed E-state index contributed by atoms with van der Waals surface area (Å²) < 4.78 is 12.1. The van der Waals surface area contributed by atoms with Gasteiger partial charge < -0.3 is 9.16 Å². The third kappa shape index (κ3) is 11.3. The second-order valence-electron chi connectivity index (χ2n) is 10.1. The minimum atomic E-state index is -1.45. The molecule has 1 atom stereocenters. The van der Waals surface area contributed by atoms with E-state index in [-0.39, 0.29) is 0 Å². The molecule has 0 spiro atoms. The van der Waals surface area contributed by atoms with E-state index in [2.05, 4.69) is 82.0 Å². The summed E-state index contributed by atoms with van der Waals surface area (Å²) in [5, 5.41) is 0. The Hall–Kier alpha value is -1.58. The quantitative estimate of drug-likeness (QED) is 0.186. The number of rotatable bonds is 16. The molecule has 32 heavy (non-hydrogen) atoms. The first-order chi connectivity index (χ1) is 15.4. The summed E-state index contributed by atoms with van der Waals surface area (Å²) in [7, 11) is -1.45. The van der Waals surface area contributed by atoms with Gasteiger partial charge in [-0.05, 0) is 74.7 Å². The Bertz CT molecular complexity index is 731. The third-order valence-corrected chi connectivity index (χ3v) is 6.91. The molecule has 2 nitrogen and oxygen atoms in total. The average Bonchev–Trinajstić information content (AvgIpc) is 2.76. The predicted octanol–water partition coefficient (Wildman–Crippen LogP) is 9.05. The Labute approximate surface area is 198 Å². The first kappa shape index (κ1) is 26.7. The van der Waals surface area contributed by atoms with Gasteiger partial charge in [0.05, 0.1) is 6.61 Å². The summed E-state index contributed by atoms with van der Waals surface area (Å²) in [6, 6.07) is 17.5. The lowest BCUT2D eigenvalue weighted by Gasteiger charge is -2.23. The standard InChI is InChI=1S/C29H46O2Si/c1-6-7-8-9-10-11-12-13-24-30-29-22-20-28(21-23-29)27-18-16-26(17-19-27)15-14-25(2)31-32(3,4)5/h16-23,25H,6-15,24H2,1-5H3. The van der Waals surface area contributed by atoms with Crippen LogP contribution in [-0.2, 0) is 10.8 Å². The molecule has 0 aliphatic carbocycles. The molecule has 0 aliphatic rings. The zero-order valence-corrected chi connectivity index (χ0v) is 22.3. The van der Waals surface area contributed by atoms with Crippen molar-refractivity contribution < 1.29 is 9.16 Å². The van der Waals surface area contributed by atoms with Crippen molar-refractivity contribution in [2.24, 2.45) is 0 Å². The number of unbranched alkanes of at least 4 members (excludes halogenated alkanes) is 7. The van der Waals surface area contributed by atoms with E-state index < -0.39 is 8.32 Å². The van der Waals surface area contributed by atoms with Crippen LogP contribution in [0.1, 0.15) is 77.2 Å². The summed E-state index contributed by atoms with van der Waals surface area (Å²) >= 11 is 0. The molecule has 0 fully saturated rings. The van der Waals surface area contributed by atoms with E-state index in [1.165, 1.54) is 61.6 Å². The van der Waals surface area contributed by atoms with Gasteiger partial charge in [-0.3, -0.25) is 0 Å². The molecule has 1 unspecified atom stereocenters. The van der Waals surface area contributed by atoms with E-state index in [4.69, 9.17) is 9.16 Å². The van der Waals surface area contributed by atoms with E-state index >= 15 is 0 Å². The van der Waals surface area contributed by atoms with E-state index in [1.807, 2.05) is 0 Å². The molecule has 0 saturated heterocycles. The molecule has 2 aromatic rings. The van der Waals surface area contributed by atoms with E-state index in [9.17, 15) is 0 Å². The van der Waals surface area contributed by atoms with Gasteiger partial charge in [0.2, 0.25) is 0 Å². The second-order valence-corrected chi connectivity index (χ2v) is 14.6. The van der Waals surface area contributed by atoms with Gasteiger partial charge in [-0.25, -0.2) is 0 Å². The molecule has 3 heteroatoms. The largest absolute Gasteiger partial charge is 0.494 e. The molecule has 0 aliphatic heterocycles. The van der Waals surface area contributed by atoms with Crippen molar-refractivity contribution in [3.63, 3.8) is 0 Å². The van der Waals surface area contributed by atoms with Gasteiger partial charge in [0.1, 0.15) is 5.75 Å². The Morgan fingerprint density at radius 1 is 0.719 bits per heavy atom. The van der Waals surface area contributed by atoms with Crippen LogP contribution in [-0.4, -0.2) is 21.0 Å². The van der Waals surface area contributed by atoms with Crippen molar-refractivity contribution in [3.8, 4) is 16.9 Å². The first-order valence-corrected chi connectivity index (χ1v) is 16.3. The molecule has 0 bridgehead atoms. The van der Waals surface area contributed by atoms with Crippen LogP contribution in [0, 0.1) is 0 Å². The highest BCUT2D eigenvalue weighted by atomic mass is 28.4. The van der Waals surface area contributed by atoms with Crippen molar-refractivity contribution in [2.45, 2.75) is 104 Å². The summed E-state index contributed by atoms with van der Waals surface area (Å²) in [5.41, 5.74) is 3.88. The van der Waals surface area contributed by atoms with Crippen LogP contribution in [0.4, 0.5) is 0 Å². The van der Waals surface area contributed by atoms with Crippen LogP contribution in [0.2, 0.25) is 19.6 Å². The van der Waals surface area contributed by atoms with Crippen LogP contribution in [0.3, 0.4) is 0 Å². The minimum absolute atomic E-state index is 0.333. The van der Waals surface area contributed by atoms with Gasteiger partial charge in [0.15, 0.2) is 8.32 Å². The molecule has 0 aromatic heterocycles. The van der Waals surface area contributed by atoms with Gasteiger partial charge in [0.25, 0.3) is 0 Å². The average molecular weight is 455 g/mol. The third-order valence-electron chi connectivity index (χ3n) is 5.80. The molecule has 0 amide bonds. The molecular formula is C29H46O2Si. The highest BCUT2D eigenvalue weighted by Crippen LogP contribution is 2.24. The van der Waals surface area contributed by atoms with Crippen LogP contribution >= 0.6 is 0 Å². The Morgan fingerprint density at radius 2 is 1.25 bits per heavy atom. The summed E-state index contributed by atoms with van der Waals surface area (Å²) in [5.74, 6) is 0.977. The smallest absolute Gasteiger partial charge is 0.184 e. The molecule has 0 heterocycles. The Kier molecular flexibility index (Phi) is 12.1. The van der Waals surface area contributed by atoms with Crippen LogP contribution in [0.5, 0.6) is 5.75 Å². The summed E-state index contributed by atoms with van der Waals surface area (Å²) in [6.07, 6.45) is 13.1. The number of ether oxygens (including phenoxy) is 1. The maximum Gasteiger partial charge on any atom is 0.184 e. The van der Waals surface area contributed by atoms with Crippen LogP contribution < -0.4 is 4.74 Å². The van der Waals surface area contributed by atoms with Crippen molar-refractivity contribution in [1.29, 1.82) is 0 Å². The lowest BCUT2D eigenvalue weighted by molar-refractivity contribution is 0.204. The number of hydrogen-bond donors (Lipinski definition) is 0. The molecule has 0 saturated carbocycles. The minimum Gasteiger partial charge on any atom is -0.494 e. The van der Waals surface area contributed by atoms with Crippen LogP contribution in [0.25, 0.3) is 11.1 Å². The zero-order valence-electron chi connectivity index (χ0n) is 21.3. The molecular weight excluding hydrogens is 408 g/mol. The molecule has 0 radical (unpaired) electrons. The lowest BCUT2D eigenvalue weighted by atomic mass is 10.0. The van der Waals surface area contributed by atoms with Crippen LogP contribution in [0.15, 0.2) is 48.5 Å². The fraction of sp³-hybridized carbons (Fsp3) is 0.586. The SMILES string of the molecule is CCCCCCCCCCOc1ccc(-c2ccc(CCC(C)O[Si](C)(C)C)cc2)cc1. The van der Waals surface area contributed by atoms with Gasteiger partial charge >= 0.3 is 0 Å². The van der Waals surface area contributed by atoms with Crippen molar-refractivity contribution in [2.75, 3.05) is 6.61 Å². The Morgan fingerprint density at radius 3 is 1.81 bits per heavy atom. The fourth-order valence-corrected chi connectivity index (χ4v) is 5.39. The maximum absolute atomic E-state index is 6.16. The van der Waals surface area contributed by atoms with E-state index in [0.717, 1.165) is 31.6 Å². The van der Waals surface area contributed by atoms with Gasteiger partial charge in [-0.15, -0.1) is 0 Å². The maximum atomic E-state index is 6.16. The fourth-order valence-electron chi connectivity index (χ4n) is 4.07. The topological polar surface area (TPSA) is 18.5 Å². The van der Waals surface area contributed by atoms with Crippen molar-refractivity contribution in [3.05, 3.63) is 54.1 Å². The summed E-state index contributed by atoms with van der Waals surface area (Å²) in [6.45, 7) is 12.1. The monoisotopic (exact) mass is 454 g/mol. The molecule has 178 valence electrons. The van der Waals surface area contributed by atoms with Crippen molar-refractivity contribution >= 4 is 8.32 Å². The zero-order chi connectivity index (χ0) is 23.2. The molecule has 0 N–H and O–H groups in total. The van der Waals surface area contributed by atoms with Gasteiger partial charge in [-0.1, -0.05) is 88.3 Å². The highest BCUT2D eigenvalue weighted by molar-refractivity contribution is 6.69. The predicted molar refractivity (Wildman–Crippen MR) is 142 cm³/mol. The van der Waals surface area contributed by atoms with E-state index in [0.29, 0.717) is 6.10 Å². The first-order valence-electron chi connectivity index (χ1n) is 12.9. The number of benzene rings is 2. The number of aryl methyl sites for hydroxylation is 1. The second kappa shape index (κ2) is 14.5. The lowest BCUT2D eigenvalue weighted by Crippen LogP contribution is -2.30. The van der Waals surface area contributed by atoms with Gasteiger partial charge in [-0.2, -0.15) is 0 Å². The highest BCUT2D eigenvalue weighted by Gasteiger charge is 2.17. The Balaban J connectivity index is 1.69. The summed E-state index contributed by atoms with van der Waals surface area (Å²) in [4.78, 5) is 0. The van der Waals surface area contributed by atoms with E-state index in [1.54, 1.807) is 0 Å². The normalized spacial score (nSPS) is 12.7. The van der Waals surface area contributed by atoms with Crippen molar-refractivity contribution in [1.82, 2.24) is 0 Å². The molecule has 2 aromatic carbocycles. The molecule has 2 rings (SSSR count).